The molecule has 0 aromatic heterocycles. The van der Waals surface area contributed by atoms with Crippen molar-refractivity contribution in [1.29, 1.82) is 0 Å². The van der Waals surface area contributed by atoms with E-state index in [1.54, 1.807) is 0 Å². The number of carbonyl (C=O) groups excluding carboxylic acids is 1. The molecule has 0 aromatic carbocycles. The van der Waals surface area contributed by atoms with E-state index in [-0.39, 0.29) is 5.92 Å². The van der Waals surface area contributed by atoms with Gasteiger partial charge in [-0.1, -0.05) is 13.8 Å². The normalized spacial score (nSPS) is 18.3. The highest BCUT2D eigenvalue weighted by Crippen LogP contribution is 2.21. The number of rotatable bonds is 6. The molecule has 1 aliphatic rings. The number of hydrogen-bond acceptors (Lipinski definition) is 2. The summed E-state index contributed by atoms with van der Waals surface area (Å²) in [7, 11) is 0. The molecule has 19 heavy (non-hydrogen) atoms. The van der Waals surface area contributed by atoms with Crippen LogP contribution in [0, 0.1) is 11.8 Å². The zero-order valence-electron chi connectivity index (χ0n) is 13.5. The molecule has 1 amide bonds. The van der Waals surface area contributed by atoms with Gasteiger partial charge in [-0.25, -0.2) is 0 Å². The van der Waals surface area contributed by atoms with Crippen LogP contribution in [0.5, 0.6) is 0 Å². The summed E-state index contributed by atoms with van der Waals surface area (Å²) in [5.41, 5.74) is 0. The van der Waals surface area contributed by atoms with Gasteiger partial charge in [-0.2, -0.15) is 0 Å². The van der Waals surface area contributed by atoms with Crippen LogP contribution in [-0.4, -0.2) is 47.9 Å². The molecule has 3 heteroatoms. The summed E-state index contributed by atoms with van der Waals surface area (Å²) in [6.07, 6.45) is 3.35. The van der Waals surface area contributed by atoms with Crippen molar-refractivity contribution in [2.75, 3.05) is 26.2 Å². The second-order valence-electron chi connectivity index (χ2n) is 6.52. The topological polar surface area (TPSA) is 23.6 Å². The highest BCUT2D eigenvalue weighted by Gasteiger charge is 2.28. The number of hydrogen-bond donors (Lipinski definition) is 0. The van der Waals surface area contributed by atoms with Crippen LogP contribution < -0.4 is 0 Å². The summed E-state index contributed by atoms with van der Waals surface area (Å²) in [4.78, 5) is 17.0. The molecule has 1 rings (SSSR count). The Kier molecular flexibility index (Phi) is 6.84. The molecule has 0 aliphatic carbocycles. The Morgan fingerprint density at radius 3 is 2.21 bits per heavy atom. The van der Waals surface area contributed by atoms with Crippen molar-refractivity contribution in [3.8, 4) is 0 Å². The Morgan fingerprint density at radius 2 is 1.79 bits per heavy atom. The molecule has 1 saturated heterocycles. The first-order valence-electron chi connectivity index (χ1n) is 7.98. The van der Waals surface area contributed by atoms with Gasteiger partial charge in [0.2, 0.25) is 5.91 Å². The average molecular weight is 268 g/mol. The smallest absolute Gasteiger partial charge is 0.225 e. The van der Waals surface area contributed by atoms with Crippen LogP contribution in [0.3, 0.4) is 0 Å². The maximum atomic E-state index is 12.5. The SMILES string of the molecule is CCN(C(=O)C1CCN(CCC(C)C)CC1)C(C)C. The molecule has 1 aliphatic heterocycles. The minimum atomic E-state index is 0.262. The van der Waals surface area contributed by atoms with E-state index >= 15 is 0 Å². The van der Waals surface area contributed by atoms with E-state index in [0.29, 0.717) is 11.9 Å². The Balaban J connectivity index is 2.38. The first kappa shape index (κ1) is 16.5. The van der Waals surface area contributed by atoms with E-state index in [0.717, 1.165) is 38.4 Å². The molecule has 3 nitrogen and oxygen atoms in total. The lowest BCUT2D eigenvalue weighted by Gasteiger charge is -2.35. The maximum absolute atomic E-state index is 12.5. The van der Waals surface area contributed by atoms with Gasteiger partial charge in [-0.05, 0) is 65.6 Å². The second kappa shape index (κ2) is 7.88. The number of nitrogens with zero attached hydrogens (tertiary/aromatic N) is 2. The summed E-state index contributed by atoms with van der Waals surface area (Å²) >= 11 is 0. The van der Waals surface area contributed by atoms with Crippen molar-refractivity contribution in [2.45, 2.75) is 59.9 Å². The van der Waals surface area contributed by atoms with Gasteiger partial charge in [-0.3, -0.25) is 4.79 Å². The summed E-state index contributed by atoms with van der Waals surface area (Å²) in [6.45, 7) is 15.1. The molecule has 1 heterocycles. The van der Waals surface area contributed by atoms with Crippen LogP contribution >= 0.6 is 0 Å². The fourth-order valence-corrected chi connectivity index (χ4v) is 2.85. The van der Waals surface area contributed by atoms with Crippen LogP contribution in [0.1, 0.15) is 53.9 Å². The molecule has 0 atom stereocenters. The predicted octanol–water partition coefficient (Wildman–Crippen LogP) is 3.00. The van der Waals surface area contributed by atoms with Crippen molar-refractivity contribution >= 4 is 5.91 Å². The maximum Gasteiger partial charge on any atom is 0.225 e. The highest BCUT2D eigenvalue weighted by molar-refractivity contribution is 5.79. The zero-order chi connectivity index (χ0) is 14.4. The van der Waals surface area contributed by atoms with Gasteiger partial charge in [0.05, 0.1) is 0 Å². The molecule has 0 spiro atoms. The summed E-state index contributed by atoms with van der Waals surface area (Å²) in [5.74, 6) is 1.41. The minimum absolute atomic E-state index is 0.262. The van der Waals surface area contributed by atoms with Crippen molar-refractivity contribution in [1.82, 2.24) is 9.80 Å². The third kappa shape index (κ3) is 5.13. The summed E-state index contributed by atoms with van der Waals surface area (Å²) < 4.78 is 0. The summed E-state index contributed by atoms with van der Waals surface area (Å²) in [5, 5.41) is 0. The minimum Gasteiger partial charge on any atom is -0.340 e. The molecule has 112 valence electrons. The first-order chi connectivity index (χ1) is 8.95. The van der Waals surface area contributed by atoms with Crippen LogP contribution in [0.25, 0.3) is 0 Å². The van der Waals surface area contributed by atoms with Crippen molar-refractivity contribution in [3.05, 3.63) is 0 Å². The lowest BCUT2D eigenvalue weighted by Crippen LogP contribution is -2.45. The average Bonchev–Trinajstić information content (AvgIpc) is 2.37. The van der Waals surface area contributed by atoms with Crippen LogP contribution in [0.4, 0.5) is 0 Å². The van der Waals surface area contributed by atoms with Gasteiger partial charge in [0.25, 0.3) is 0 Å². The van der Waals surface area contributed by atoms with Gasteiger partial charge >= 0.3 is 0 Å². The molecule has 0 saturated carbocycles. The number of piperidine rings is 1. The zero-order valence-corrected chi connectivity index (χ0v) is 13.5. The molecular formula is C16H32N2O. The second-order valence-corrected chi connectivity index (χ2v) is 6.52. The number of likely N-dealkylation sites (tertiary alicyclic amines) is 1. The van der Waals surface area contributed by atoms with Gasteiger partial charge in [-0.15, -0.1) is 0 Å². The Hall–Kier alpha value is -0.570. The fraction of sp³-hybridized carbons (Fsp3) is 0.938. The van der Waals surface area contributed by atoms with Crippen molar-refractivity contribution in [2.24, 2.45) is 11.8 Å². The molecule has 0 bridgehead atoms. The third-order valence-corrected chi connectivity index (χ3v) is 4.21. The monoisotopic (exact) mass is 268 g/mol. The molecule has 0 radical (unpaired) electrons. The first-order valence-corrected chi connectivity index (χ1v) is 7.98. The summed E-state index contributed by atoms with van der Waals surface area (Å²) in [6, 6.07) is 0.330. The third-order valence-electron chi connectivity index (χ3n) is 4.21. The van der Waals surface area contributed by atoms with Gasteiger partial charge in [0.1, 0.15) is 0 Å². The fourth-order valence-electron chi connectivity index (χ4n) is 2.85. The van der Waals surface area contributed by atoms with E-state index in [4.69, 9.17) is 0 Å². The van der Waals surface area contributed by atoms with E-state index in [9.17, 15) is 4.79 Å². The largest absolute Gasteiger partial charge is 0.340 e. The van der Waals surface area contributed by atoms with E-state index < -0.39 is 0 Å². The molecular weight excluding hydrogens is 236 g/mol. The number of carbonyl (C=O) groups is 1. The van der Waals surface area contributed by atoms with Crippen molar-refractivity contribution in [3.63, 3.8) is 0 Å². The Bertz CT molecular complexity index is 268. The molecule has 1 fully saturated rings. The highest BCUT2D eigenvalue weighted by atomic mass is 16.2. The van der Waals surface area contributed by atoms with Crippen LogP contribution in [-0.2, 0) is 4.79 Å². The molecule has 0 unspecified atom stereocenters. The van der Waals surface area contributed by atoms with E-state index in [2.05, 4.69) is 39.5 Å². The quantitative estimate of drug-likeness (QED) is 0.739. The van der Waals surface area contributed by atoms with Gasteiger partial charge in [0.15, 0.2) is 0 Å². The lowest BCUT2D eigenvalue weighted by atomic mass is 9.94. The predicted molar refractivity (Wildman–Crippen MR) is 81.1 cm³/mol. The Morgan fingerprint density at radius 1 is 1.21 bits per heavy atom. The van der Waals surface area contributed by atoms with Gasteiger partial charge in [0, 0.05) is 18.5 Å². The van der Waals surface area contributed by atoms with Crippen LogP contribution in [0.2, 0.25) is 0 Å². The molecule has 0 aromatic rings. The van der Waals surface area contributed by atoms with Gasteiger partial charge < -0.3 is 9.80 Å². The molecule has 0 N–H and O–H groups in total. The van der Waals surface area contributed by atoms with E-state index in [1.807, 2.05) is 4.90 Å². The Labute approximate surface area is 119 Å². The van der Waals surface area contributed by atoms with Crippen LogP contribution in [0.15, 0.2) is 0 Å². The number of amides is 1. The van der Waals surface area contributed by atoms with Crippen molar-refractivity contribution < 1.29 is 4.79 Å². The standard InChI is InChI=1S/C16H32N2O/c1-6-18(14(4)5)16(19)15-8-11-17(12-9-15)10-7-13(2)3/h13-15H,6-12H2,1-5H3. The lowest BCUT2D eigenvalue weighted by molar-refractivity contribution is -0.138. The van der Waals surface area contributed by atoms with E-state index in [1.165, 1.54) is 13.0 Å².